The van der Waals surface area contributed by atoms with Gasteiger partial charge >= 0.3 is 11.9 Å². The Balaban J connectivity index is 2.82. The Morgan fingerprint density at radius 3 is 1.53 bits per heavy atom. The minimum absolute atomic E-state index is 0.00981. The van der Waals surface area contributed by atoms with Gasteiger partial charge in [-0.25, -0.2) is 0 Å². The fourth-order valence-electron chi connectivity index (χ4n) is 2.10. The molecule has 1 rings (SSSR count). The molecule has 1 aliphatic rings. The number of carbonyl (C=O) groups is 2. The molecule has 1 aliphatic carbocycles. The average Bonchev–Trinajstić information content (AvgIpc) is 2.72. The number of carbonyl (C=O) groups excluding carboxylic acids is 2. The van der Waals surface area contributed by atoms with Gasteiger partial charge in [-0.3, -0.25) is 9.59 Å². The summed E-state index contributed by atoms with van der Waals surface area (Å²) in [4.78, 5) is 23.5. The number of hydrogen-bond donors (Lipinski definition) is 0. The van der Waals surface area contributed by atoms with Crippen molar-refractivity contribution < 1.29 is 19.1 Å². The third-order valence-corrected chi connectivity index (χ3v) is 3.30. The van der Waals surface area contributed by atoms with Gasteiger partial charge in [0.1, 0.15) is 0 Å². The molecule has 0 N–H and O–H groups in total. The van der Waals surface area contributed by atoms with Crippen LogP contribution in [0, 0.1) is 17.3 Å². The van der Waals surface area contributed by atoms with Crippen LogP contribution in [-0.4, -0.2) is 25.2 Å². The van der Waals surface area contributed by atoms with E-state index in [1.54, 1.807) is 13.8 Å². The molecule has 0 aromatic rings. The van der Waals surface area contributed by atoms with E-state index in [-0.39, 0.29) is 11.8 Å². The molecule has 1 saturated carbocycles. The predicted octanol–water partition coefficient (Wildman–Crippen LogP) is 1.38. The number of ether oxygens (including phenoxy) is 2. The zero-order valence-corrected chi connectivity index (χ0v) is 9.70. The minimum atomic E-state index is -1.04. The van der Waals surface area contributed by atoms with Gasteiger partial charge in [0.15, 0.2) is 5.41 Å². The van der Waals surface area contributed by atoms with E-state index in [2.05, 4.69) is 0 Å². The summed E-state index contributed by atoms with van der Waals surface area (Å²) < 4.78 is 9.88. The van der Waals surface area contributed by atoms with Crippen LogP contribution >= 0.6 is 0 Å². The van der Waals surface area contributed by atoms with Crippen LogP contribution in [0.2, 0.25) is 0 Å². The first kappa shape index (κ1) is 12.0. The molecule has 15 heavy (non-hydrogen) atoms. The Labute approximate surface area is 89.9 Å². The van der Waals surface area contributed by atoms with Crippen molar-refractivity contribution in [2.24, 2.45) is 17.3 Å². The van der Waals surface area contributed by atoms with Gasteiger partial charge in [0.05, 0.1) is 13.2 Å². The Morgan fingerprint density at radius 2 is 1.33 bits per heavy atom. The van der Waals surface area contributed by atoms with E-state index in [0.29, 0.717) is 13.2 Å². The lowest BCUT2D eigenvalue weighted by Crippen LogP contribution is -2.32. The van der Waals surface area contributed by atoms with E-state index in [9.17, 15) is 9.59 Å². The highest BCUT2D eigenvalue weighted by atomic mass is 16.6. The summed E-state index contributed by atoms with van der Waals surface area (Å²) in [5.74, 6) is -0.863. The molecule has 4 nitrogen and oxygen atoms in total. The first-order valence-corrected chi connectivity index (χ1v) is 5.37. The van der Waals surface area contributed by atoms with Gasteiger partial charge in [-0.15, -0.1) is 0 Å². The normalized spacial score (nSPS) is 26.9. The maximum Gasteiger partial charge on any atom is 0.324 e. The summed E-state index contributed by atoms with van der Waals surface area (Å²) in [6.45, 7) is 7.79. The molecule has 4 heteroatoms. The van der Waals surface area contributed by atoms with Gasteiger partial charge in [0.2, 0.25) is 0 Å². The van der Waals surface area contributed by atoms with Crippen LogP contribution in [0.4, 0.5) is 0 Å². The summed E-state index contributed by atoms with van der Waals surface area (Å²) in [7, 11) is 0. The fourth-order valence-corrected chi connectivity index (χ4v) is 2.10. The van der Waals surface area contributed by atoms with Crippen molar-refractivity contribution in [3.63, 3.8) is 0 Å². The van der Waals surface area contributed by atoms with Crippen LogP contribution in [-0.2, 0) is 19.1 Å². The van der Waals surface area contributed by atoms with E-state index in [4.69, 9.17) is 9.47 Å². The van der Waals surface area contributed by atoms with Crippen molar-refractivity contribution in [1.29, 1.82) is 0 Å². The third-order valence-electron chi connectivity index (χ3n) is 3.30. The standard InChI is InChI=1S/C11H18O4/c1-5-14-9(12)11(7(3)8(11)4)10(13)15-6-2/h7-8H,5-6H2,1-4H3/t7-,8?/m1/s1. The first-order valence-electron chi connectivity index (χ1n) is 5.37. The van der Waals surface area contributed by atoms with Crippen LogP contribution in [0.25, 0.3) is 0 Å². The van der Waals surface area contributed by atoms with Crippen LogP contribution < -0.4 is 0 Å². The first-order chi connectivity index (χ1) is 7.03. The predicted molar refractivity (Wildman–Crippen MR) is 54.0 cm³/mol. The highest BCUT2D eigenvalue weighted by Gasteiger charge is 2.72. The maximum atomic E-state index is 11.7. The summed E-state index contributed by atoms with van der Waals surface area (Å²) >= 11 is 0. The lowest BCUT2D eigenvalue weighted by molar-refractivity contribution is -0.165. The highest BCUT2D eigenvalue weighted by Crippen LogP contribution is 2.59. The fraction of sp³-hybridized carbons (Fsp3) is 0.818. The number of esters is 2. The summed E-state index contributed by atoms with van der Waals surface area (Å²) in [5.41, 5.74) is -1.04. The van der Waals surface area contributed by atoms with Gasteiger partial charge in [-0.2, -0.15) is 0 Å². The van der Waals surface area contributed by atoms with Crippen molar-refractivity contribution in [3.8, 4) is 0 Å². The second kappa shape index (κ2) is 4.21. The lowest BCUT2D eigenvalue weighted by Gasteiger charge is -2.14. The molecular formula is C11H18O4. The second-order valence-electron chi connectivity index (χ2n) is 3.89. The molecule has 0 heterocycles. The highest BCUT2D eigenvalue weighted by molar-refractivity contribution is 6.04. The van der Waals surface area contributed by atoms with Crippen LogP contribution in [0.5, 0.6) is 0 Å². The van der Waals surface area contributed by atoms with Crippen molar-refractivity contribution in [2.45, 2.75) is 27.7 Å². The van der Waals surface area contributed by atoms with Gasteiger partial charge in [0, 0.05) is 0 Å². The smallest absolute Gasteiger partial charge is 0.324 e. The Bertz CT molecular complexity index is 244. The van der Waals surface area contributed by atoms with Gasteiger partial charge < -0.3 is 9.47 Å². The Hall–Kier alpha value is -1.06. The van der Waals surface area contributed by atoms with Gasteiger partial charge in [-0.05, 0) is 25.7 Å². The number of rotatable bonds is 4. The third kappa shape index (κ3) is 1.62. The molecular weight excluding hydrogens is 196 g/mol. The van der Waals surface area contributed by atoms with Crippen molar-refractivity contribution in [3.05, 3.63) is 0 Å². The molecule has 0 bridgehead atoms. The lowest BCUT2D eigenvalue weighted by atomic mass is 10.0. The van der Waals surface area contributed by atoms with E-state index in [1.165, 1.54) is 0 Å². The molecule has 0 spiro atoms. The van der Waals surface area contributed by atoms with E-state index < -0.39 is 17.4 Å². The molecule has 86 valence electrons. The molecule has 0 aliphatic heterocycles. The summed E-state index contributed by atoms with van der Waals surface area (Å²) in [6.07, 6.45) is 0. The van der Waals surface area contributed by atoms with Crippen molar-refractivity contribution >= 4 is 11.9 Å². The quantitative estimate of drug-likeness (QED) is 0.524. The van der Waals surface area contributed by atoms with E-state index in [1.807, 2.05) is 13.8 Å². The molecule has 0 aromatic carbocycles. The second-order valence-corrected chi connectivity index (χ2v) is 3.89. The topological polar surface area (TPSA) is 52.6 Å². The molecule has 0 aromatic heterocycles. The van der Waals surface area contributed by atoms with Crippen molar-refractivity contribution in [2.75, 3.05) is 13.2 Å². The van der Waals surface area contributed by atoms with Gasteiger partial charge in [0.25, 0.3) is 0 Å². The van der Waals surface area contributed by atoms with Crippen molar-refractivity contribution in [1.82, 2.24) is 0 Å². The van der Waals surface area contributed by atoms with Crippen LogP contribution in [0.1, 0.15) is 27.7 Å². The molecule has 2 atom stereocenters. The largest absolute Gasteiger partial charge is 0.465 e. The molecule has 0 amide bonds. The van der Waals surface area contributed by atoms with Gasteiger partial charge in [-0.1, -0.05) is 13.8 Å². The zero-order valence-electron chi connectivity index (χ0n) is 9.70. The molecule has 1 fully saturated rings. The average molecular weight is 214 g/mol. The summed E-state index contributed by atoms with van der Waals surface area (Å²) in [6, 6.07) is 0. The zero-order chi connectivity index (χ0) is 11.6. The number of hydrogen-bond acceptors (Lipinski definition) is 4. The van der Waals surface area contributed by atoms with Crippen LogP contribution in [0.3, 0.4) is 0 Å². The molecule has 0 radical (unpaired) electrons. The SMILES string of the molecule is CCOC(=O)C1(C(=O)OCC)C(C)[C@H]1C. The van der Waals surface area contributed by atoms with E-state index in [0.717, 1.165) is 0 Å². The van der Waals surface area contributed by atoms with Crippen LogP contribution in [0.15, 0.2) is 0 Å². The Kier molecular flexibility index (Phi) is 3.37. The van der Waals surface area contributed by atoms with E-state index >= 15 is 0 Å². The summed E-state index contributed by atoms with van der Waals surface area (Å²) in [5, 5.41) is 0. The minimum Gasteiger partial charge on any atom is -0.465 e. The maximum absolute atomic E-state index is 11.7. The Morgan fingerprint density at radius 1 is 1.00 bits per heavy atom. The molecule has 0 saturated heterocycles. The monoisotopic (exact) mass is 214 g/mol. The molecule has 1 unspecified atom stereocenters.